The molecule has 0 radical (unpaired) electrons. The highest BCUT2D eigenvalue weighted by Gasteiger charge is 2.33. The first kappa shape index (κ1) is 21.7. The molecule has 0 bridgehead atoms. The number of hydrogen-bond acceptors (Lipinski definition) is 3. The van der Waals surface area contributed by atoms with Crippen LogP contribution in [0, 0.1) is 0 Å². The van der Waals surface area contributed by atoms with E-state index in [1.165, 1.54) is 25.3 Å². The van der Waals surface area contributed by atoms with E-state index in [1.54, 1.807) is 19.0 Å². The monoisotopic (exact) mass is 389 g/mol. The van der Waals surface area contributed by atoms with Gasteiger partial charge in [-0.25, -0.2) is 14.8 Å². The van der Waals surface area contributed by atoms with Crippen LogP contribution in [0.15, 0.2) is 40.1 Å². The molecule has 10 heteroatoms. The molecule has 1 aromatic carbocycles. The van der Waals surface area contributed by atoms with Crippen molar-refractivity contribution >= 4 is 35.3 Å². The zero-order chi connectivity index (χ0) is 19.9. The SMILES string of the molecule is C=NC(Cl)=N/C=C(\C)NC(=O)Nc1ccc(CN(C)C)c(C(F)(F)F)c1. The Labute approximate surface area is 154 Å². The lowest BCUT2D eigenvalue weighted by Crippen LogP contribution is -2.27. The molecule has 0 aliphatic carbocycles. The molecule has 0 saturated heterocycles. The number of hydrogen-bond donors (Lipinski definition) is 2. The van der Waals surface area contributed by atoms with Crippen LogP contribution in [0.25, 0.3) is 0 Å². The van der Waals surface area contributed by atoms with Crippen molar-refractivity contribution in [2.75, 3.05) is 19.4 Å². The van der Waals surface area contributed by atoms with Crippen molar-refractivity contribution in [3.63, 3.8) is 0 Å². The Hall–Kier alpha value is -2.39. The zero-order valence-corrected chi connectivity index (χ0v) is 15.2. The summed E-state index contributed by atoms with van der Waals surface area (Å²) in [7, 11) is 3.34. The first-order valence-corrected chi connectivity index (χ1v) is 7.70. The first-order chi connectivity index (χ1) is 12.0. The fraction of sp³-hybridized carbons (Fsp3) is 0.312. The maximum atomic E-state index is 13.2. The van der Waals surface area contributed by atoms with Crippen LogP contribution in [0.1, 0.15) is 18.1 Å². The van der Waals surface area contributed by atoms with E-state index in [1.807, 2.05) is 0 Å². The number of aliphatic imine (C=N–C) groups is 2. The number of amides is 2. The van der Waals surface area contributed by atoms with Gasteiger partial charge in [0.25, 0.3) is 0 Å². The molecule has 6 nitrogen and oxygen atoms in total. The molecule has 0 atom stereocenters. The summed E-state index contributed by atoms with van der Waals surface area (Å²) in [4.78, 5) is 20.6. The van der Waals surface area contributed by atoms with Crippen LogP contribution in [0.2, 0.25) is 0 Å². The largest absolute Gasteiger partial charge is 0.416 e. The summed E-state index contributed by atoms with van der Waals surface area (Å²) in [5, 5.41) is 4.64. The van der Waals surface area contributed by atoms with E-state index >= 15 is 0 Å². The van der Waals surface area contributed by atoms with E-state index < -0.39 is 17.8 Å². The van der Waals surface area contributed by atoms with Gasteiger partial charge in [0, 0.05) is 24.1 Å². The van der Waals surface area contributed by atoms with Crippen molar-refractivity contribution in [2.24, 2.45) is 9.98 Å². The second-order valence-corrected chi connectivity index (χ2v) is 5.89. The fourth-order valence-corrected chi connectivity index (χ4v) is 2.01. The van der Waals surface area contributed by atoms with Gasteiger partial charge in [-0.1, -0.05) is 6.07 Å². The highest BCUT2D eigenvalue weighted by molar-refractivity contribution is 6.65. The molecule has 1 aromatic rings. The molecule has 0 saturated carbocycles. The van der Waals surface area contributed by atoms with Crippen LogP contribution >= 0.6 is 11.6 Å². The lowest BCUT2D eigenvalue weighted by atomic mass is 10.1. The molecular formula is C16H19ClF3N5O. The topological polar surface area (TPSA) is 69.1 Å². The molecule has 2 amide bonds. The second-order valence-electron chi connectivity index (χ2n) is 5.55. The summed E-state index contributed by atoms with van der Waals surface area (Å²) < 4.78 is 39.7. The van der Waals surface area contributed by atoms with Gasteiger partial charge in [-0.2, -0.15) is 13.2 Å². The molecular weight excluding hydrogens is 371 g/mol. The molecule has 0 spiro atoms. The van der Waals surface area contributed by atoms with Crippen LogP contribution in [-0.2, 0) is 12.7 Å². The quantitative estimate of drug-likeness (QED) is 0.453. The third-order valence-electron chi connectivity index (χ3n) is 2.97. The van der Waals surface area contributed by atoms with Gasteiger partial charge in [-0.15, -0.1) is 0 Å². The van der Waals surface area contributed by atoms with Gasteiger partial charge in [0.1, 0.15) is 0 Å². The highest BCUT2D eigenvalue weighted by atomic mass is 35.5. The summed E-state index contributed by atoms with van der Waals surface area (Å²) >= 11 is 5.52. The van der Waals surface area contributed by atoms with Gasteiger partial charge >= 0.3 is 12.2 Å². The number of halogens is 4. The molecule has 0 aromatic heterocycles. The van der Waals surface area contributed by atoms with E-state index in [0.29, 0.717) is 5.70 Å². The predicted molar refractivity (Wildman–Crippen MR) is 97.6 cm³/mol. The molecule has 26 heavy (non-hydrogen) atoms. The van der Waals surface area contributed by atoms with Gasteiger partial charge in [-0.05, 0) is 57.0 Å². The molecule has 1 rings (SSSR count). The number of benzene rings is 1. The second kappa shape index (κ2) is 9.35. The Morgan fingerprint density at radius 3 is 2.58 bits per heavy atom. The maximum absolute atomic E-state index is 13.2. The average Bonchev–Trinajstić information content (AvgIpc) is 2.52. The van der Waals surface area contributed by atoms with Crippen LogP contribution in [0.4, 0.5) is 23.7 Å². The normalized spacial score (nSPS) is 12.9. The van der Waals surface area contributed by atoms with Crippen LogP contribution in [-0.4, -0.2) is 37.0 Å². The standard InChI is InChI=1S/C16H19ClF3N5O/c1-10(8-22-14(17)21-2)23-15(26)24-12-6-5-11(9-25(3)4)13(7-12)16(18,19)20/h5-8H,2,9H2,1,3-4H3,(H2,23,24,26)/b10-8+,22-14?. The summed E-state index contributed by atoms with van der Waals surface area (Å²) in [6.07, 6.45) is -3.30. The smallest absolute Gasteiger partial charge is 0.310 e. The summed E-state index contributed by atoms with van der Waals surface area (Å²) in [6, 6.07) is 2.92. The molecule has 142 valence electrons. The van der Waals surface area contributed by atoms with Crippen molar-refractivity contribution < 1.29 is 18.0 Å². The van der Waals surface area contributed by atoms with E-state index in [2.05, 4.69) is 27.3 Å². The Morgan fingerprint density at radius 1 is 1.38 bits per heavy atom. The third kappa shape index (κ3) is 7.24. The number of alkyl halides is 3. The van der Waals surface area contributed by atoms with Crippen LogP contribution in [0.3, 0.4) is 0 Å². The number of rotatable bonds is 5. The maximum Gasteiger partial charge on any atom is 0.416 e. The summed E-state index contributed by atoms with van der Waals surface area (Å²) in [5.74, 6) is 0. The first-order valence-electron chi connectivity index (χ1n) is 7.32. The minimum absolute atomic E-state index is 0.0134. The molecule has 0 aliphatic rings. The van der Waals surface area contributed by atoms with Crippen molar-refractivity contribution in [3.05, 3.63) is 41.2 Å². The fourth-order valence-electron chi connectivity index (χ4n) is 1.96. The van der Waals surface area contributed by atoms with E-state index in [0.717, 1.165) is 6.07 Å². The molecule has 0 heterocycles. The number of allylic oxidation sites excluding steroid dienone is 1. The van der Waals surface area contributed by atoms with E-state index in [9.17, 15) is 18.0 Å². The lowest BCUT2D eigenvalue weighted by molar-refractivity contribution is -0.138. The number of urea groups is 1. The van der Waals surface area contributed by atoms with Crippen LogP contribution in [0.5, 0.6) is 0 Å². The van der Waals surface area contributed by atoms with E-state index in [-0.39, 0.29) is 23.1 Å². The van der Waals surface area contributed by atoms with Crippen molar-refractivity contribution in [2.45, 2.75) is 19.6 Å². The van der Waals surface area contributed by atoms with Crippen molar-refractivity contribution in [3.8, 4) is 0 Å². The van der Waals surface area contributed by atoms with Gasteiger partial charge in [0.15, 0.2) is 0 Å². The average molecular weight is 390 g/mol. The van der Waals surface area contributed by atoms with Crippen LogP contribution < -0.4 is 10.6 Å². The van der Waals surface area contributed by atoms with Gasteiger partial charge in [0.2, 0.25) is 5.29 Å². The number of carbonyl (C=O) groups excluding carboxylic acids is 1. The Bertz CT molecular complexity index is 729. The summed E-state index contributed by atoms with van der Waals surface area (Å²) in [6.45, 7) is 4.82. The Morgan fingerprint density at radius 2 is 2.04 bits per heavy atom. The predicted octanol–water partition coefficient (Wildman–Crippen LogP) is 4.05. The minimum Gasteiger partial charge on any atom is -0.310 e. The van der Waals surface area contributed by atoms with Gasteiger partial charge < -0.3 is 15.5 Å². The Kier molecular flexibility index (Phi) is 7.78. The lowest BCUT2D eigenvalue weighted by Gasteiger charge is -2.18. The highest BCUT2D eigenvalue weighted by Crippen LogP contribution is 2.34. The number of nitrogens with zero attached hydrogens (tertiary/aromatic N) is 3. The molecule has 2 N–H and O–H groups in total. The Balaban J connectivity index is 2.93. The van der Waals surface area contributed by atoms with Gasteiger partial charge in [-0.3, -0.25) is 0 Å². The molecule has 0 aliphatic heterocycles. The minimum atomic E-state index is -4.53. The number of anilines is 1. The number of nitrogens with one attached hydrogen (secondary N) is 2. The number of carbonyl (C=O) groups is 1. The molecule has 0 unspecified atom stereocenters. The number of amidine groups is 1. The zero-order valence-electron chi connectivity index (χ0n) is 14.5. The molecule has 0 fully saturated rings. The van der Waals surface area contributed by atoms with Gasteiger partial charge in [0.05, 0.1) is 5.56 Å². The van der Waals surface area contributed by atoms with Crippen molar-refractivity contribution in [1.29, 1.82) is 0 Å². The van der Waals surface area contributed by atoms with Crippen molar-refractivity contribution in [1.82, 2.24) is 10.2 Å². The van der Waals surface area contributed by atoms with E-state index in [4.69, 9.17) is 11.6 Å². The third-order valence-corrected chi connectivity index (χ3v) is 3.18. The summed E-state index contributed by atoms with van der Waals surface area (Å²) in [5.41, 5.74) is -0.362.